The van der Waals surface area contributed by atoms with Crippen molar-refractivity contribution in [3.63, 3.8) is 0 Å². The predicted molar refractivity (Wildman–Crippen MR) is 102 cm³/mol. The topological polar surface area (TPSA) is 146 Å². The van der Waals surface area contributed by atoms with E-state index in [4.69, 9.17) is 14.2 Å². The summed E-state index contributed by atoms with van der Waals surface area (Å²) in [6.45, 7) is 1.51. The van der Waals surface area contributed by atoms with Gasteiger partial charge in [0.2, 0.25) is 12.1 Å². The van der Waals surface area contributed by atoms with Crippen LogP contribution in [0.5, 0.6) is 23.0 Å². The van der Waals surface area contributed by atoms with Gasteiger partial charge in [-0.1, -0.05) is 12.1 Å². The van der Waals surface area contributed by atoms with Crippen LogP contribution in [0.1, 0.15) is 22.8 Å². The van der Waals surface area contributed by atoms with Gasteiger partial charge < -0.3 is 39.7 Å². The minimum Gasteiger partial charge on any atom is -0.508 e. The van der Waals surface area contributed by atoms with Gasteiger partial charge in [-0.2, -0.15) is 0 Å². The van der Waals surface area contributed by atoms with E-state index in [1.165, 1.54) is 37.3 Å². The van der Waals surface area contributed by atoms with E-state index in [2.05, 4.69) is 0 Å². The van der Waals surface area contributed by atoms with E-state index in [0.717, 1.165) is 0 Å². The predicted octanol–water partition coefficient (Wildman–Crippen LogP) is 0.920. The van der Waals surface area contributed by atoms with Crippen molar-refractivity contribution >= 4 is 11.9 Å². The number of phenolic OH excluding ortho intramolecular Hbond substituents is 2. The van der Waals surface area contributed by atoms with Crippen LogP contribution < -0.4 is 9.47 Å². The third kappa shape index (κ3) is 3.59. The van der Waals surface area contributed by atoms with Gasteiger partial charge in [-0.25, -0.2) is 0 Å². The van der Waals surface area contributed by atoms with Crippen LogP contribution in [0, 0.1) is 0 Å². The first-order chi connectivity index (χ1) is 14.2. The average Bonchev–Trinajstić information content (AvgIpc) is 3.02. The van der Waals surface area contributed by atoms with Crippen molar-refractivity contribution in [3.8, 4) is 23.0 Å². The van der Waals surface area contributed by atoms with Crippen molar-refractivity contribution in [3.05, 3.63) is 53.3 Å². The molecule has 9 heteroatoms. The van der Waals surface area contributed by atoms with Crippen LogP contribution in [0.25, 0.3) is 6.08 Å². The lowest BCUT2D eigenvalue weighted by Gasteiger charge is -2.38. The van der Waals surface area contributed by atoms with E-state index >= 15 is 0 Å². The molecule has 2 heterocycles. The summed E-state index contributed by atoms with van der Waals surface area (Å²) in [5.41, 5.74) is 0.571. The highest BCUT2D eigenvalue weighted by molar-refractivity contribution is 6.16. The normalized spacial score (nSPS) is 29.5. The summed E-state index contributed by atoms with van der Waals surface area (Å²) in [6.07, 6.45) is -4.91. The Morgan fingerprint density at radius 1 is 1.00 bits per heavy atom. The zero-order chi connectivity index (χ0) is 21.6. The van der Waals surface area contributed by atoms with Crippen LogP contribution in [-0.2, 0) is 4.74 Å². The molecule has 5 atom stereocenters. The molecule has 0 unspecified atom stereocenters. The van der Waals surface area contributed by atoms with Gasteiger partial charge in [-0.05, 0) is 30.7 Å². The Kier molecular flexibility index (Phi) is 5.12. The molecular weight excluding hydrogens is 396 g/mol. The number of fused-ring (bicyclic) bond motifs is 1. The minimum absolute atomic E-state index is 0.0238. The maximum Gasteiger partial charge on any atom is 0.235 e. The molecule has 2 aliphatic rings. The lowest BCUT2D eigenvalue weighted by molar-refractivity contribution is -0.268. The Morgan fingerprint density at radius 3 is 2.40 bits per heavy atom. The first kappa shape index (κ1) is 20.2. The molecular formula is C21H20O9. The van der Waals surface area contributed by atoms with Crippen molar-refractivity contribution in [1.29, 1.82) is 0 Å². The maximum atomic E-state index is 12.6. The number of aliphatic hydroxyl groups is 3. The fourth-order valence-corrected chi connectivity index (χ4v) is 3.30. The second-order valence-electron chi connectivity index (χ2n) is 7.15. The van der Waals surface area contributed by atoms with Crippen molar-refractivity contribution in [1.82, 2.24) is 0 Å². The highest BCUT2D eigenvalue weighted by atomic mass is 16.7. The van der Waals surface area contributed by atoms with Gasteiger partial charge in [0, 0.05) is 12.1 Å². The van der Waals surface area contributed by atoms with Crippen molar-refractivity contribution < 1.29 is 44.5 Å². The molecule has 0 bridgehead atoms. The van der Waals surface area contributed by atoms with Crippen LogP contribution in [0.4, 0.5) is 0 Å². The van der Waals surface area contributed by atoms with Crippen LogP contribution >= 0.6 is 0 Å². The molecule has 0 amide bonds. The Labute approximate surface area is 171 Å². The number of phenols is 2. The first-order valence-electron chi connectivity index (χ1n) is 9.21. The molecule has 2 aromatic rings. The molecule has 0 radical (unpaired) electrons. The summed E-state index contributed by atoms with van der Waals surface area (Å²) in [7, 11) is 0. The van der Waals surface area contributed by atoms with Crippen molar-refractivity contribution in [2.24, 2.45) is 0 Å². The molecule has 1 saturated heterocycles. The van der Waals surface area contributed by atoms with Crippen LogP contribution in [0.15, 0.2) is 42.2 Å². The van der Waals surface area contributed by atoms with E-state index in [1.807, 2.05) is 0 Å². The fraction of sp³-hybridized carbons (Fsp3) is 0.286. The smallest absolute Gasteiger partial charge is 0.235 e. The first-order valence-corrected chi connectivity index (χ1v) is 9.21. The van der Waals surface area contributed by atoms with Gasteiger partial charge in [0.1, 0.15) is 46.9 Å². The molecule has 9 nitrogen and oxygen atoms in total. The second kappa shape index (κ2) is 7.62. The number of ketones is 1. The number of carbonyl (C=O) groups is 1. The molecule has 158 valence electrons. The van der Waals surface area contributed by atoms with Crippen molar-refractivity contribution in [2.45, 2.75) is 37.6 Å². The standard InChI is InChI=1S/C21H20O9/c1-9-17(24)19(26)20(27)21(28-9)29-12-7-13(23)16-14(8-12)30-15(18(16)25)6-10-2-4-11(22)5-3-10/h2-9,17,19-24,26-27H,1H3/t9-,17+,19-,20-,21+/m0/s1. The van der Waals surface area contributed by atoms with E-state index < -0.39 is 36.5 Å². The number of aliphatic hydroxyl groups excluding tert-OH is 3. The largest absolute Gasteiger partial charge is 0.508 e. The van der Waals surface area contributed by atoms with E-state index in [9.17, 15) is 30.3 Å². The van der Waals surface area contributed by atoms with Gasteiger partial charge in [0.25, 0.3) is 0 Å². The average molecular weight is 416 g/mol. The summed E-state index contributed by atoms with van der Waals surface area (Å²) in [5.74, 6) is -0.769. The molecule has 30 heavy (non-hydrogen) atoms. The Bertz CT molecular complexity index is 998. The molecule has 0 saturated carbocycles. The summed E-state index contributed by atoms with van der Waals surface area (Å²) < 4.78 is 16.5. The molecule has 0 spiro atoms. The maximum absolute atomic E-state index is 12.6. The third-order valence-corrected chi connectivity index (χ3v) is 4.98. The molecule has 2 aliphatic heterocycles. The molecule has 4 rings (SSSR count). The molecule has 0 aromatic heterocycles. The Morgan fingerprint density at radius 2 is 1.70 bits per heavy atom. The molecule has 2 aromatic carbocycles. The lowest BCUT2D eigenvalue weighted by atomic mass is 10.00. The number of rotatable bonds is 3. The number of hydrogen-bond acceptors (Lipinski definition) is 9. The highest BCUT2D eigenvalue weighted by Crippen LogP contribution is 2.41. The van der Waals surface area contributed by atoms with Gasteiger partial charge in [0.05, 0.1) is 6.10 Å². The van der Waals surface area contributed by atoms with Crippen LogP contribution in [0.3, 0.4) is 0 Å². The Balaban J connectivity index is 1.58. The summed E-state index contributed by atoms with van der Waals surface area (Å²) >= 11 is 0. The fourth-order valence-electron chi connectivity index (χ4n) is 3.30. The summed E-state index contributed by atoms with van der Waals surface area (Å²) in [5, 5.41) is 49.4. The van der Waals surface area contributed by atoms with Crippen LogP contribution in [0.2, 0.25) is 0 Å². The number of benzene rings is 2. The number of hydrogen-bond donors (Lipinski definition) is 5. The molecule has 5 N–H and O–H groups in total. The number of allylic oxidation sites excluding steroid dienone is 1. The SMILES string of the molecule is C[C@@H]1O[C@H](Oc2cc(O)c3c(c2)OC(=Cc2ccc(O)cc2)C3=O)[C@@H](O)[C@@H](O)[C@@H]1O. The van der Waals surface area contributed by atoms with Crippen LogP contribution in [-0.4, -0.2) is 62.0 Å². The van der Waals surface area contributed by atoms with Crippen molar-refractivity contribution in [2.75, 3.05) is 0 Å². The van der Waals surface area contributed by atoms with E-state index in [1.54, 1.807) is 12.1 Å². The molecule has 1 fully saturated rings. The van der Waals surface area contributed by atoms with Gasteiger partial charge in [-0.3, -0.25) is 4.79 Å². The third-order valence-electron chi connectivity index (χ3n) is 4.98. The quantitative estimate of drug-likeness (QED) is 0.461. The molecule has 0 aliphatic carbocycles. The monoisotopic (exact) mass is 416 g/mol. The van der Waals surface area contributed by atoms with E-state index in [-0.39, 0.29) is 34.3 Å². The minimum atomic E-state index is -1.53. The number of carbonyl (C=O) groups excluding carboxylic acids is 1. The van der Waals surface area contributed by atoms with Gasteiger partial charge >= 0.3 is 0 Å². The second-order valence-corrected chi connectivity index (χ2v) is 7.15. The zero-order valence-corrected chi connectivity index (χ0v) is 15.8. The number of aromatic hydroxyl groups is 2. The summed E-state index contributed by atoms with van der Waals surface area (Å²) in [6, 6.07) is 8.64. The highest BCUT2D eigenvalue weighted by Gasteiger charge is 2.43. The van der Waals surface area contributed by atoms with E-state index in [0.29, 0.717) is 5.56 Å². The summed E-state index contributed by atoms with van der Waals surface area (Å²) in [4.78, 5) is 12.6. The lowest BCUT2D eigenvalue weighted by Crippen LogP contribution is -2.58. The van der Waals surface area contributed by atoms with Gasteiger partial charge in [-0.15, -0.1) is 0 Å². The number of ether oxygens (including phenoxy) is 3. The van der Waals surface area contributed by atoms with Gasteiger partial charge in [0.15, 0.2) is 5.76 Å². The zero-order valence-electron chi connectivity index (χ0n) is 15.8. The number of Topliss-reactive ketones (excluding diaryl/α,β-unsaturated/α-hetero) is 1. The Hall–Kier alpha value is -3.11.